The third-order valence-corrected chi connectivity index (χ3v) is 4.79. The van der Waals surface area contributed by atoms with Crippen LogP contribution < -0.4 is 5.32 Å². The topological polar surface area (TPSA) is 58.3 Å². The second-order valence-electron chi connectivity index (χ2n) is 6.69. The highest BCUT2D eigenvalue weighted by Crippen LogP contribution is 2.49. The molecule has 122 valence electrons. The summed E-state index contributed by atoms with van der Waals surface area (Å²) in [5.74, 6) is 4.65. The SMILES string of the molecule is CCNC(=NCC(C1CC1)C1CC1)N(C)Cc1ncnn1C. The largest absolute Gasteiger partial charge is 0.357 e. The maximum Gasteiger partial charge on any atom is 0.194 e. The molecule has 6 heteroatoms. The van der Waals surface area contributed by atoms with Crippen LogP contribution in [-0.4, -0.2) is 45.8 Å². The van der Waals surface area contributed by atoms with E-state index in [0.29, 0.717) is 0 Å². The number of rotatable bonds is 7. The van der Waals surface area contributed by atoms with Gasteiger partial charge < -0.3 is 10.2 Å². The van der Waals surface area contributed by atoms with Gasteiger partial charge in [0.15, 0.2) is 5.96 Å². The van der Waals surface area contributed by atoms with E-state index in [1.165, 1.54) is 25.7 Å². The summed E-state index contributed by atoms with van der Waals surface area (Å²) in [7, 11) is 4.00. The first-order chi connectivity index (χ1) is 10.7. The van der Waals surface area contributed by atoms with Crippen molar-refractivity contribution in [1.82, 2.24) is 25.0 Å². The average molecular weight is 304 g/mol. The normalized spacial score (nSPS) is 18.8. The lowest BCUT2D eigenvalue weighted by molar-refractivity contribution is 0.406. The van der Waals surface area contributed by atoms with Crippen molar-refractivity contribution in [2.75, 3.05) is 20.1 Å². The molecule has 0 spiro atoms. The number of aryl methyl sites for hydroxylation is 1. The minimum Gasteiger partial charge on any atom is -0.357 e. The molecular weight excluding hydrogens is 276 g/mol. The molecule has 3 rings (SSSR count). The molecule has 0 unspecified atom stereocenters. The van der Waals surface area contributed by atoms with E-state index in [2.05, 4.69) is 34.3 Å². The van der Waals surface area contributed by atoms with Crippen LogP contribution >= 0.6 is 0 Å². The van der Waals surface area contributed by atoms with Crippen LogP contribution in [0.1, 0.15) is 38.4 Å². The maximum atomic E-state index is 4.92. The van der Waals surface area contributed by atoms with Crippen LogP contribution in [0.3, 0.4) is 0 Å². The van der Waals surface area contributed by atoms with E-state index in [4.69, 9.17) is 4.99 Å². The summed E-state index contributed by atoms with van der Waals surface area (Å²) >= 11 is 0. The van der Waals surface area contributed by atoms with Crippen LogP contribution in [0.15, 0.2) is 11.3 Å². The number of aromatic nitrogens is 3. The Kier molecular flexibility index (Phi) is 4.64. The minimum atomic E-state index is 0.722. The van der Waals surface area contributed by atoms with E-state index in [1.807, 2.05) is 11.7 Å². The zero-order valence-corrected chi connectivity index (χ0v) is 14.0. The van der Waals surface area contributed by atoms with Gasteiger partial charge in [0.25, 0.3) is 0 Å². The zero-order chi connectivity index (χ0) is 15.5. The molecule has 0 radical (unpaired) electrons. The van der Waals surface area contributed by atoms with Crippen molar-refractivity contribution in [1.29, 1.82) is 0 Å². The molecule has 1 aromatic heterocycles. The van der Waals surface area contributed by atoms with Crippen LogP contribution in [0.2, 0.25) is 0 Å². The summed E-state index contributed by atoms with van der Waals surface area (Å²) in [4.78, 5) is 11.4. The van der Waals surface area contributed by atoms with Gasteiger partial charge in [-0.3, -0.25) is 9.67 Å². The van der Waals surface area contributed by atoms with E-state index in [-0.39, 0.29) is 0 Å². The Labute approximate surface area is 133 Å². The molecule has 2 fully saturated rings. The number of aliphatic imine (C=N–C) groups is 1. The van der Waals surface area contributed by atoms with Crippen molar-refractivity contribution in [2.24, 2.45) is 29.8 Å². The first-order valence-electron chi connectivity index (χ1n) is 8.51. The van der Waals surface area contributed by atoms with Gasteiger partial charge in [0, 0.05) is 27.2 Å². The van der Waals surface area contributed by atoms with E-state index in [9.17, 15) is 0 Å². The smallest absolute Gasteiger partial charge is 0.194 e. The number of hydrogen-bond acceptors (Lipinski definition) is 3. The van der Waals surface area contributed by atoms with Crippen molar-refractivity contribution < 1.29 is 0 Å². The fourth-order valence-electron chi connectivity index (χ4n) is 3.14. The molecule has 1 N–H and O–H groups in total. The number of hydrogen-bond donors (Lipinski definition) is 1. The molecule has 0 bridgehead atoms. The Hall–Kier alpha value is -1.59. The highest BCUT2D eigenvalue weighted by atomic mass is 15.4. The number of guanidine groups is 1. The third-order valence-electron chi connectivity index (χ3n) is 4.79. The molecule has 0 aromatic carbocycles. The zero-order valence-electron chi connectivity index (χ0n) is 14.0. The van der Waals surface area contributed by atoms with Gasteiger partial charge in [0.1, 0.15) is 12.2 Å². The van der Waals surface area contributed by atoms with Crippen molar-refractivity contribution in [2.45, 2.75) is 39.2 Å². The van der Waals surface area contributed by atoms with Gasteiger partial charge in [-0.25, -0.2) is 4.98 Å². The van der Waals surface area contributed by atoms with Crippen LogP contribution in [0.25, 0.3) is 0 Å². The lowest BCUT2D eigenvalue weighted by Crippen LogP contribution is -2.39. The summed E-state index contributed by atoms with van der Waals surface area (Å²) in [6.45, 7) is 4.70. The van der Waals surface area contributed by atoms with Crippen molar-refractivity contribution in [3.63, 3.8) is 0 Å². The van der Waals surface area contributed by atoms with Crippen LogP contribution in [0.4, 0.5) is 0 Å². The Morgan fingerprint density at radius 3 is 2.59 bits per heavy atom. The second-order valence-corrected chi connectivity index (χ2v) is 6.69. The molecule has 0 atom stereocenters. The predicted molar refractivity (Wildman–Crippen MR) is 87.4 cm³/mol. The Balaban J connectivity index is 1.62. The van der Waals surface area contributed by atoms with Crippen LogP contribution in [-0.2, 0) is 13.6 Å². The molecule has 2 aliphatic carbocycles. The van der Waals surface area contributed by atoms with Crippen molar-refractivity contribution in [3.05, 3.63) is 12.2 Å². The fourth-order valence-corrected chi connectivity index (χ4v) is 3.14. The molecule has 2 aliphatic rings. The quantitative estimate of drug-likeness (QED) is 0.615. The van der Waals surface area contributed by atoms with Gasteiger partial charge in [-0.1, -0.05) is 0 Å². The van der Waals surface area contributed by atoms with Crippen molar-refractivity contribution in [3.8, 4) is 0 Å². The third kappa shape index (κ3) is 3.78. The predicted octanol–water partition coefficient (Wildman–Crippen LogP) is 1.65. The average Bonchev–Trinajstić information content (AvgIpc) is 3.40. The monoisotopic (exact) mass is 304 g/mol. The Morgan fingerprint density at radius 1 is 1.41 bits per heavy atom. The summed E-state index contributed by atoms with van der Waals surface area (Å²) in [5.41, 5.74) is 0. The highest BCUT2D eigenvalue weighted by Gasteiger charge is 2.41. The van der Waals surface area contributed by atoms with Crippen LogP contribution in [0.5, 0.6) is 0 Å². The first kappa shape index (κ1) is 15.3. The van der Waals surface area contributed by atoms with Gasteiger partial charge in [-0.15, -0.1) is 0 Å². The standard InChI is InChI=1S/C16H28N6/c1-4-17-16(21(2)10-15-19-11-20-22(15)3)18-9-14(12-5-6-12)13-7-8-13/h11-14H,4-10H2,1-3H3,(H,17,18). The molecule has 0 aliphatic heterocycles. The van der Waals surface area contributed by atoms with Crippen molar-refractivity contribution >= 4 is 5.96 Å². The number of nitrogens with zero attached hydrogens (tertiary/aromatic N) is 5. The lowest BCUT2D eigenvalue weighted by atomic mass is 9.98. The molecular formula is C16H28N6. The molecule has 22 heavy (non-hydrogen) atoms. The summed E-state index contributed by atoms with van der Waals surface area (Å²) in [6.07, 6.45) is 7.28. The molecule has 0 amide bonds. The minimum absolute atomic E-state index is 0.722. The highest BCUT2D eigenvalue weighted by molar-refractivity contribution is 5.79. The molecule has 1 heterocycles. The second kappa shape index (κ2) is 6.67. The Bertz CT molecular complexity index is 502. The fraction of sp³-hybridized carbons (Fsp3) is 0.812. The molecule has 2 saturated carbocycles. The summed E-state index contributed by atoms with van der Waals surface area (Å²) in [5, 5.41) is 7.54. The summed E-state index contributed by atoms with van der Waals surface area (Å²) in [6, 6.07) is 0. The molecule has 0 saturated heterocycles. The molecule has 6 nitrogen and oxygen atoms in total. The Morgan fingerprint density at radius 2 is 2.09 bits per heavy atom. The van der Waals surface area contributed by atoms with Gasteiger partial charge >= 0.3 is 0 Å². The molecule has 1 aromatic rings. The van der Waals surface area contributed by atoms with Gasteiger partial charge in [0.2, 0.25) is 0 Å². The van der Waals surface area contributed by atoms with Gasteiger partial charge in [-0.05, 0) is 50.4 Å². The summed E-state index contributed by atoms with van der Waals surface area (Å²) < 4.78 is 1.82. The van der Waals surface area contributed by atoms with E-state index < -0.39 is 0 Å². The first-order valence-corrected chi connectivity index (χ1v) is 8.51. The lowest BCUT2D eigenvalue weighted by Gasteiger charge is -2.22. The van der Waals surface area contributed by atoms with E-state index >= 15 is 0 Å². The van der Waals surface area contributed by atoms with Gasteiger partial charge in [-0.2, -0.15) is 5.10 Å². The van der Waals surface area contributed by atoms with Crippen LogP contribution in [0, 0.1) is 17.8 Å². The van der Waals surface area contributed by atoms with Gasteiger partial charge in [0.05, 0.1) is 6.54 Å². The number of nitrogens with one attached hydrogen (secondary N) is 1. The van der Waals surface area contributed by atoms with E-state index in [1.54, 1.807) is 6.33 Å². The van der Waals surface area contributed by atoms with E-state index in [0.717, 1.165) is 49.2 Å². The maximum absolute atomic E-state index is 4.92.